The number of nitrogens with one attached hydrogen (secondary N) is 1. The molecule has 1 N–H and O–H groups in total. The van der Waals surface area contributed by atoms with Crippen molar-refractivity contribution in [2.75, 3.05) is 20.3 Å². The van der Waals surface area contributed by atoms with Gasteiger partial charge < -0.3 is 19.5 Å². The fourth-order valence-corrected chi connectivity index (χ4v) is 2.21. The quantitative estimate of drug-likeness (QED) is 0.808. The molecule has 0 radical (unpaired) electrons. The van der Waals surface area contributed by atoms with Crippen molar-refractivity contribution in [1.29, 1.82) is 0 Å². The minimum atomic E-state index is -0.527. The molecule has 0 saturated carbocycles. The van der Waals surface area contributed by atoms with Crippen LogP contribution >= 0.6 is 0 Å². The highest BCUT2D eigenvalue weighted by Gasteiger charge is 2.29. The Kier molecular flexibility index (Phi) is 4.84. The zero-order chi connectivity index (χ0) is 14.5. The molecule has 1 fully saturated rings. The lowest BCUT2D eigenvalue weighted by molar-refractivity contribution is -0.143. The summed E-state index contributed by atoms with van der Waals surface area (Å²) in [5.41, 5.74) is 1.12. The van der Waals surface area contributed by atoms with Crippen LogP contribution in [0.3, 0.4) is 0 Å². The van der Waals surface area contributed by atoms with E-state index in [1.807, 2.05) is 18.2 Å². The molecule has 110 valence electrons. The molecule has 0 aromatic heterocycles. The predicted octanol–water partition coefficient (Wildman–Crippen LogP) is 2.06. The smallest absolute Gasteiger partial charge is 0.347 e. The third-order valence-electron chi connectivity index (χ3n) is 3.35. The molecule has 2 rings (SSSR count). The summed E-state index contributed by atoms with van der Waals surface area (Å²) in [4.78, 5) is 11.4. The average molecular weight is 279 g/mol. The SMILES string of the molecule is CCNC(C)c1ccc(OC2CCOC2=O)c(OC)c1. The molecule has 0 aliphatic carbocycles. The van der Waals surface area contributed by atoms with Gasteiger partial charge in [0.05, 0.1) is 13.7 Å². The zero-order valence-electron chi connectivity index (χ0n) is 12.1. The van der Waals surface area contributed by atoms with Crippen LogP contribution < -0.4 is 14.8 Å². The second kappa shape index (κ2) is 6.61. The lowest BCUT2D eigenvalue weighted by atomic mass is 10.1. The van der Waals surface area contributed by atoms with Crippen LogP contribution in [0, 0.1) is 0 Å². The normalized spacial score (nSPS) is 19.6. The number of carbonyl (C=O) groups is 1. The van der Waals surface area contributed by atoms with Gasteiger partial charge in [0.15, 0.2) is 17.6 Å². The van der Waals surface area contributed by atoms with Gasteiger partial charge >= 0.3 is 5.97 Å². The highest BCUT2D eigenvalue weighted by atomic mass is 16.6. The second-order valence-corrected chi connectivity index (χ2v) is 4.75. The molecule has 1 aliphatic rings. The molecule has 5 nitrogen and oxygen atoms in total. The minimum absolute atomic E-state index is 0.236. The summed E-state index contributed by atoms with van der Waals surface area (Å²) in [6.45, 7) is 5.47. The molecule has 1 aromatic rings. The van der Waals surface area contributed by atoms with Crippen molar-refractivity contribution >= 4 is 5.97 Å². The maximum absolute atomic E-state index is 11.4. The Labute approximate surface area is 119 Å². The standard InChI is InChI=1S/C15H21NO4/c1-4-16-10(2)11-5-6-12(14(9-11)18-3)20-13-7-8-19-15(13)17/h5-6,9-10,13,16H,4,7-8H2,1-3H3. The molecule has 2 atom stereocenters. The highest BCUT2D eigenvalue weighted by Crippen LogP contribution is 2.32. The van der Waals surface area contributed by atoms with E-state index in [4.69, 9.17) is 14.2 Å². The van der Waals surface area contributed by atoms with Gasteiger partial charge in [0.25, 0.3) is 0 Å². The van der Waals surface area contributed by atoms with E-state index >= 15 is 0 Å². The molecule has 20 heavy (non-hydrogen) atoms. The van der Waals surface area contributed by atoms with E-state index in [1.54, 1.807) is 7.11 Å². The van der Waals surface area contributed by atoms with E-state index in [-0.39, 0.29) is 12.0 Å². The summed E-state index contributed by atoms with van der Waals surface area (Å²) in [5, 5.41) is 3.34. The Balaban J connectivity index is 2.15. The number of methoxy groups -OCH3 is 1. The van der Waals surface area contributed by atoms with Crippen molar-refractivity contribution in [2.45, 2.75) is 32.4 Å². The largest absolute Gasteiger partial charge is 0.493 e. The summed E-state index contributed by atoms with van der Waals surface area (Å²) in [6, 6.07) is 5.99. The lowest BCUT2D eigenvalue weighted by Crippen LogP contribution is -2.22. The van der Waals surface area contributed by atoms with E-state index in [2.05, 4.69) is 19.2 Å². The number of carbonyl (C=O) groups excluding carboxylic acids is 1. The number of cyclic esters (lactones) is 1. The van der Waals surface area contributed by atoms with Crippen molar-refractivity contribution in [3.05, 3.63) is 23.8 Å². The highest BCUT2D eigenvalue weighted by molar-refractivity contribution is 5.77. The molecule has 0 bridgehead atoms. The van der Waals surface area contributed by atoms with Crippen molar-refractivity contribution in [1.82, 2.24) is 5.32 Å². The van der Waals surface area contributed by atoms with Gasteiger partial charge in [-0.15, -0.1) is 0 Å². The van der Waals surface area contributed by atoms with Gasteiger partial charge in [-0.25, -0.2) is 4.79 Å². The van der Waals surface area contributed by atoms with Crippen LogP contribution in [0.2, 0.25) is 0 Å². The van der Waals surface area contributed by atoms with E-state index in [0.717, 1.165) is 12.1 Å². The van der Waals surface area contributed by atoms with Crippen molar-refractivity contribution in [3.8, 4) is 11.5 Å². The Bertz CT molecular complexity index is 475. The number of ether oxygens (including phenoxy) is 3. The first-order valence-electron chi connectivity index (χ1n) is 6.90. The molecular weight excluding hydrogens is 258 g/mol. The van der Waals surface area contributed by atoms with Crippen molar-refractivity contribution in [3.63, 3.8) is 0 Å². The molecule has 0 amide bonds. The van der Waals surface area contributed by atoms with Crippen LogP contribution in [0.5, 0.6) is 11.5 Å². The van der Waals surface area contributed by atoms with Gasteiger partial charge in [0, 0.05) is 12.5 Å². The first kappa shape index (κ1) is 14.7. The summed E-state index contributed by atoms with van der Waals surface area (Å²) >= 11 is 0. The van der Waals surface area contributed by atoms with Crippen molar-refractivity contribution in [2.24, 2.45) is 0 Å². The number of rotatable bonds is 6. The van der Waals surface area contributed by atoms with E-state index in [9.17, 15) is 4.79 Å². The molecular formula is C15H21NO4. The van der Waals surface area contributed by atoms with Gasteiger partial charge in [0.2, 0.25) is 0 Å². The topological polar surface area (TPSA) is 56.8 Å². The Hall–Kier alpha value is -1.75. The first-order chi connectivity index (χ1) is 9.65. The maximum Gasteiger partial charge on any atom is 0.347 e. The predicted molar refractivity (Wildman–Crippen MR) is 75.1 cm³/mol. The lowest BCUT2D eigenvalue weighted by Gasteiger charge is -2.17. The third-order valence-corrected chi connectivity index (χ3v) is 3.35. The van der Waals surface area contributed by atoms with Crippen LogP contribution in [-0.4, -0.2) is 32.3 Å². The van der Waals surface area contributed by atoms with Crippen molar-refractivity contribution < 1.29 is 19.0 Å². The van der Waals surface area contributed by atoms with Crippen LogP contribution in [0.25, 0.3) is 0 Å². The summed E-state index contributed by atoms with van der Waals surface area (Å²) in [6.07, 6.45) is 0.0540. The minimum Gasteiger partial charge on any atom is -0.493 e. The van der Waals surface area contributed by atoms with E-state index in [0.29, 0.717) is 24.5 Å². The molecule has 1 aliphatic heterocycles. The number of hydrogen-bond acceptors (Lipinski definition) is 5. The van der Waals surface area contributed by atoms with Gasteiger partial charge in [0.1, 0.15) is 0 Å². The van der Waals surface area contributed by atoms with Gasteiger partial charge in [-0.3, -0.25) is 0 Å². The number of benzene rings is 1. The Morgan fingerprint density at radius 2 is 2.25 bits per heavy atom. The molecule has 0 spiro atoms. The average Bonchev–Trinajstić information content (AvgIpc) is 2.85. The third kappa shape index (κ3) is 3.22. The first-order valence-corrected chi connectivity index (χ1v) is 6.90. The van der Waals surface area contributed by atoms with Crippen LogP contribution in [-0.2, 0) is 9.53 Å². The monoisotopic (exact) mass is 279 g/mol. The number of hydrogen-bond donors (Lipinski definition) is 1. The summed E-state index contributed by atoms with van der Waals surface area (Å²) in [7, 11) is 1.59. The molecule has 1 heterocycles. The second-order valence-electron chi connectivity index (χ2n) is 4.75. The fourth-order valence-electron chi connectivity index (χ4n) is 2.21. The van der Waals surface area contributed by atoms with Gasteiger partial charge in [-0.1, -0.05) is 13.0 Å². The Morgan fingerprint density at radius 3 is 2.85 bits per heavy atom. The summed E-state index contributed by atoms with van der Waals surface area (Å²) in [5.74, 6) is 0.896. The fraction of sp³-hybridized carbons (Fsp3) is 0.533. The zero-order valence-corrected chi connectivity index (χ0v) is 12.1. The maximum atomic E-state index is 11.4. The molecule has 1 aromatic carbocycles. The van der Waals surface area contributed by atoms with Gasteiger partial charge in [-0.2, -0.15) is 0 Å². The van der Waals surface area contributed by atoms with Crippen LogP contribution in [0.4, 0.5) is 0 Å². The molecule has 5 heteroatoms. The van der Waals surface area contributed by atoms with E-state index < -0.39 is 6.10 Å². The number of esters is 1. The molecule has 2 unspecified atom stereocenters. The summed E-state index contributed by atoms with van der Waals surface area (Å²) < 4.78 is 15.9. The van der Waals surface area contributed by atoms with E-state index in [1.165, 1.54) is 0 Å². The molecule has 1 saturated heterocycles. The van der Waals surface area contributed by atoms with Crippen LogP contribution in [0.15, 0.2) is 18.2 Å². The van der Waals surface area contributed by atoms with Gasteiger partial charge in [-0.05, 0) is 31.2 Å². The van der Waals surface area contributed by atoms with Crippen LogP contribution in [0.1, 0.15) is 31.9 Å². The Morgan fingerprint density at radius 1 is 1.45 bits per heavy atom.